The lowest BCUT2D eigenvalue weighted by molar-refractivity contribution is -0.402. The van der Waals surface area contributed by atoms with Crippen LogP contribution in [0.5, 0.6) is 0 Å². The van der Waals surface area contributed by atoms with E-state index >= 15 is 0 Å². The summed E-state index contributed by atoms with van der Waals surface area (Å²) >= 11 is 0. The Morgan fingerprint density at radius 2 is 1.28 bits per heavy atom. The number of aliphatic hydroxyl groups is 14. The van der Waals surface area contributed by atoms with E-state index in [4.69, 9.17) is 42.6 Å². The molecule has 5 aliphatic heterocycles. The van der Waals surface area contributed by atoms with Crippen LogP contribution in [0.3, 0.4) is 0 Å². The van der Waals surface area contributed by atoms with E-state index in [2.05, 4.69) is 41.2 Å². The van der Waals surface area contributed by atoms with Gasteiger partial charge in [-0.15, -0.1) is 0 Å². The molecule has 23 heteroatoms. The van der Waals surface area contributed by atoms with E-state index in [1.807, 2.05) is 13.8 Å². The van der Waals surface area contributed by atoms with Gasteiger partial charge < -0.3 is 114 Å². The van der Waals surface area contributed by atoms with Gasteiger partial charge in [0.1, 0.15) is 85.0 Å². The molecule has 14 N–H and O–H groups in total. The summed E-state index contributed by atoms with van der Waals surface area (Å²) in [6.07, 6.45) is -26.3. The van der Waals surface area contributed by atoms with E-state index in [1.54, 1.807) is 6.92 Å². The first-order valence-corrected chi connectivity index (χ1v) is 27.4. The van der Waals surface area contributed by atoms with E-state index in [0.29, 0.717) is 38.5 Å². The van der Waals surface area contributed by atoms with Gasteiger partial charge in [0.05, 0.1) is 56.8 Å². The van der Waals surface area contributed by atoms with E-state index in [9.17, 15) is 71.5 Å². The van der Waals surface area contributed by atoms with Crippen molar-refractivity contribution in [1.82, 2.24) is 0 Å². The summed E-state index contributed by atoms with van der Waals surface area (Å²) in [5.74, 6) is -2.71. The Hall–Kier alpha value is -1.18. The fourth-order valence-corrected chi connectivity index (χ4v) is 16.5. The third-order valence-electron chi connectivity index (χ3n) is 21.3. The van der Waals surface area contributed by atoms with E-state index in [0.717, 1.165) is 12.0 Å². The van der Waals surface area contributed by atoms with E-state index in [-0.39, 0.29) is 35.7 Å². The number of aliphatic hydroxyl groups excluding tert-OH is 11. The Balaban J connectivity index is 0.970. The molecule has 76 heavy (non-hydrogen) atoms. The summed E-state index contributed by atoms with van der Waals surface area (Å²) in [6, 6.07) is 0. The van der Waals surface area contributed by atoms with Crippen LogP contribution in [0, 0.1) is 51.2 Å². The highest BCUT2D eigenvalue weighted by atomic mass is 16.8. The highest BCUT2D eigenvalue weighted by Crippen LogP contribution is 2.78. The Labute approximate surface area is 443 Å². The number of hydrogen-bond donors (Lipinski definition) is 14. The van der Waals surface area contributed by atoms with Crippen LogP contribution in [-0.4, -0.2) is 238 Å². The van der Waals surface area contributed by atoms with Crippen LogP contribution in [-0.2, 0) is 42.6 Å². The second kappa shape index (κ2) is 20.9. The molecule has 4 saturated carbocycles. The lowest BCUT2D eigenvalue weighted by atomic mass is 9.35. The fraction of sp³-hybridized carbons (Fsp3) is 0.962. The van der Waals surface area contributed by atoms with Crippen molar-refractivity contribution in [1.29, 1.82) is 0 Å². The Morgan fingerprint density at radius 3 is 1.91 bits per heavy atom. The molecule has 5 saturated heterocycles. The summed E-state index contributed by atoms with van der Waals surface area (Å²) in [7, 11) is 0. The smallest absolute Gasteiger partial charge is 0.198 e. The maximum atomic E-state index is 12.6. The molecule has 9 aliphatic rings. The minimum Gasteiger partial charge on any atom is -0.394 e. The third kappa shape index (κ3) is 9.04. The van der Waals surface area contributed by atoms with Crippen molar-refractivity contribution in [3.05, 3.63) is 12.2 Å². The zero-order valence-electron chi connectivity index (χ0n) is 45.0. The minimum atomic E-state index is -2.20. The van der Waals surface area contributed by atoms with Gasteiger partial charge in [-0.1, -0.05) is 60.6 Å². The minimum absolute atomic E-state index is 0.0294. The average Bonchev–Trinajstić information content (AvgIpc) is 3.87. The molecule has 0 aromatic rings. The predicted molar refractivity (Wildman–Crippen MR) is 259 cm³/mol. The molecule has 29 atom stereocenters. The fourth-order valence-electron chi connectivity index (χ4n) is 16.5. The van der Waals surface area contributed by atoms with Crippen LogP contribution in [0.15, 0.2) is 12.2 Å². The number of rotatable bonds is 14. The van der Waals surface area contributed by atoms with Gasteiger partial charge in [-0.3, -0.25) is 0 Å². The molecule has 9 rings (SSSR count). The maximum Gasteiger partial charge on any atom is 0.198 e. The molecule has 0 spiro atoms. The highest BCUT2D eigenvalue weighted by Gasteiger charge is 2.81. The van der Waals surface area contributed by atoms with Crippen LogP contribution in [0.4, 0.5) is 0 Å². The monoisotopic (exact) mass is 1090 g/mol. The van der Waals surface area contributed by atoms with Gasteiger partial charge >= 0.3 is 0 Å². The van der Waals surface area contributed by atoms with Gasteiger partial charge in [-0.05, 0) is 91.8 Å². The van der Waals surface area contributed by atoms with Crippen molar-refractivity contribution in [2.75, 3.05) is 33.0 Å². The molecule has 0 radical (unpaired) electrons. The largest absolute Gasteiger partial charge is 0.394 e. The van der Waals surface area contributed by atoms with Gasteiger partial charge in [0.2, 0.25) is 0 Å². The molecule has 0 bridgehead atoms. The summed E-state index contributed by atoms with van der Waals surface area (Å²) in [5.41, 5.74) is -4.98. The normalized spacial score (nSPS) is 56.0. The third-order valence-corrected chi connectivity index (χ3v) is 21.3. The van der Waals surface area contributed by atoms with Crippen LogP contribution >= 0.6 is 0 Å². The molecule has 0 amide bonds. The molecule has 9 fully saturated rings. The van der Waals surface area contributed by atoms with Crippen LogP contribution < -0.4 is 0 Å². The zero-order valence-corrected chi connectivity index (χ0v) is 45.0. The van der Waals surface area contributed by atoms with Gasteiger partial charge in [0.15, 0.2) is 30.9 Å². The highest BCUT2D eigenvalue weighted by molar-refractivity contribution is 5.27. The topological polar surface area (TPSA) is 366 Å². The van der Waals surface area contributed by atoms with Crippen molar-refractivity contribution in [2.24, 2.45) is 51.2 Å². The first kappa shape index (κ1) is 59.4. The lowest BCUT2D eigenvalue weighted by Crippen LogP contribution is -2.68. The molecular weight excluding hydrogens is 1000 g/mol. The first-order chi connectivity index (χ1) is 35.4. The van der Waals surface area contributed by atoms with Crippen LogP contribution in [0.1, 0.15) is 100 Å². The number of fused-ring (bicyclic) bond motifs is 7. The Kier molecular flexibility index (Phi) is 16.4. The molecule has 0 aromatic carbocycles. The SMILES string of the molecule is C=C(C[C@H]1O[C@]2(O)[C@@H]([C@H]3CC[C@@H]4[C@@]5(C)CC[C@H](O[C@@H]6OC[C@H](O)[C@H](O)[C@H]6O[C@@H]6O[C@H](CO)[C@@H](O)[C@H](O[C@@H]7OC[C@](O)(CO)[C@H]7O)[C@H]6O[C@@H]6O[C@H](CO)[C@@H](O)[C@H](O)[C@H]6O)C(C)(C)[C@@H]5CC[C@@]4(C)[C@]3(C)[C@H]2O)[C@@]1(C)O)C(C)C. The van der Waals surface area contributed by atoms with Gasteiger partial charge in [-0.25, -0.2) is 0 Å². The van der Waals surface area contributed by atoms with E-state index < -0.39 is 182 Å². The van der Waals surface area contributed by atoms with Crippen molar-refractivity contribution >= 4 is 0 Å². The van der Waals surface area contributed by atoms with Crippen LogP contribution in [0.2, 0.25) is 0 Å². The van der Waals surface area contributed by atoms with Gasteiger partial charge in [0, 0.05) is 5.41 Å². The van der Waals surface area contributed by atoms with Crippen molar-refractivity contribution in [3.63, 3.8) is 0 Å². The maximum absolute atomic E-state index is 12.6. The second-order valence-corrected chi connectivity index (χ2v) is 25.9. The Morgan fingerprint density at radius 1 is 0.645 bits per heavy atom. The van der Waals surface area contributed by atoms with Crippen molar-refractivity contribution in [2.45, 2.75) is 234 Å². The molecule has 438 valence electrons. The molecule has 23 nitrogen and oxygen atoms in total. The van der Waals surface area contributed by atoms with Crippen molar-refractivity contribution < 1.29 is 114 Å². The molecule has 0 unspecified atom stereocenters. The Bertz CT molecular complexity index is 2060. The van der Waals surface area contributed by atoms with E-state index in [1.165, 1.54) is 0 Å². The molecule has 4 aliphatic carbocycles. The summed E-state index contributed by atoms with van der Waals surface area (Å²) in [4.78, 5) is 0. The number of ether oxygens (including phenoxy) is 9. The zero-order chi connectivity index (χ0) is 55.8. The van der Waals surface area contributed by atoms with Gasteiger partial charge in [-0.2, -0.15) is 0 Å². The number of hydrogen-bond acceptors (Lipinski definition) is 23. The second-order valence-electron chi connectivity index (χ2n) is 25.9. The van der Waals surface area contributed by atoms with Gasteiger partial charge in [0.25, 0.3) is 0 Å². The quantitative estimate of drug-likeness (QED) is 0.0639. The standard InChI is InChI=1S/C53H88O23/c1-22(2)23(3)16-31-51(9,65)40-24-10-11-29-48(6)14-13-30(47(4,5)28(48)12-15-49(29,7)50(24,8)46(64)53(40,67)76-31)72-43-38(32(58)25(57)19-68-43)74-44-39(75-42-36(62)35(61)33(59)26(17-54)70-42)37(34(60)27(18-55)71-44)73-45-41(63)52(66,20-56)21-69-45/h22,24-46,54-67H,3,10-21H2,1-2,4-9H3/t24-,25+,26-,27-,28+,29-,30+,31-,32+,33-,34-,35+,36-,37+,38-,39-,40+,41+,42+,43+,44+,45+,46-,48+,49-,50+,51+,52-,53-/m1/s1. The first-order valence-electron chi connectivity index (χ1n) is 27.4. The summed E-state index contributed by atoms with van der Waals surface area (Å²) < 4.78 is 55.3. The summed E-state index contributed by atoms with van der Waals surface area (Å²) in [5, 5.41) is 156. The average molecular weight is 1090 g/mol. The molecule has 5 heterocycles. The van der Waals surface area contributed by atoms with Crippen molar-refractivity contribution in [3.8, 4) is 0 Å². The van der Waals surface area contributed by atoms with Crippen LogP contribution in [0.25, 0.3) is 0 Å². The molecular formula is C53H88O23. The molecule has 0 aromatic heterocycles. The predicted octanol–water partition coefficient (Wildman–Crippen LogP) is -2.37. The summed E-state index contributed by atoms with van der Waals surface area (Å²) in [6.45, 7) is 17.2. The lowest BCUT2D eigenvalue weighted by Gasteiger charge is -2.70.